The van der Waals surface area contributed by atoms with E-state index < -0.39 is 17.8 Å². The normalized spacial score (nSPS) is 26.4. The van der Waals surface area contributed by atoms with Crippen LogP contribution in [-0.4, -0.2) is 31.3 Å². The second kappa shape index (κ2) is 4.66. The molecule has 4 nitrogen and oxygen atoms in total. The Hall–Kier alpha value is -1.76. The smallest absolute Gasteiger partial charge is 0.416 e. The first-order valence-corrected chi connectivity index (χ1v) is 6.34. The minimum absolute atomic E-state index is 0.202. The van der Waals surface area contributed by atoms with Crippen LogP contribution in [0.15, 0.2) is 24.3 Å². The van der Waals surface area contributed by atoms with Gasteiger partial charge in [-0.2, -0.15) is 13.2 Å². The van der Waals surface area contributed by atoms with Gasteiger partial charge in [0.1, 0.15) is 6.10 Å². The molecule has 1 aromatic rings. The summed E-state index contributed by atoms with van der Waals surface area (Å²) in [5.74, 6) is 0. The molecule has 2 fully saturated rings. The summed E-state index contributed by atoms with van der Waals surface area (Å²) in [4.78, 5) is 13.2. The van der Waals surface area contributed by atoms with Crippen molar-refractivity contribution in [1.82, 2.24) is 5.32 Å². The van der Waals surface area contributed by atoms with Crippen molar-refractivity contribution < 1.29 is 22.7 Å². The van der Waals surface area contributed by atoms with Crippen molar-refractivity contribution in [3.05, 3.63) is 29.8 Å². The molecule has 0 aromatic heterocycles. The van der Waals surface area contributed by atoms with E-state index in [9.17, 15) is 18.0 Å². The molecule has 1 amide bonds. The van der Waals surface area contributed by atoms with Gasteiger partial charge in [-0.25, -0.2) is 4.79 Å². The molecule has 2 aliphatic heterocycles. The van der Waals surface area contributed by atoms with E-state index in [2.05, 4.69) is 5.32 Å². The van der Waals surface area contributed by atoms with E-state index in [-0.39, 0.29) is 17.8 Å². The number of fused-ring (bicyclic) bond motifs is 1. The standard InChI is InChI=1S/C13H13F3N2O2/c14-13(15,16)8-2-1-3-9(6-8)18-10-4-5-17-7-11(10)20-12(18)19/h1-3,6,10-11,17H,4-5,7H2. The maximum Gasteiger partial charge on any atom is 0.416 e. The van der Waals surface area contributed by atoms with Crippen molar-refractivity contribution in [3.8, 4) is 0 Å². The zero-order chi connectivity index (χ0) is 14.3. The first-order valence-electron chi connectivity index (χ1n) is 6.34. The third kappa shape index (κ3) is 2.22. The molecular weight excluding hydrogens is 273 g/mol. The minimum atomic E-state index is -4.42. The molecule has 3 rings (SSSR count). The largest absolute Gasteiger partial charge is 0.442 e. The van der Waals surface area contributed by atoms with Crippen LogP contribution < -0.4 is 10.2 Å². The number of nitrogens with one attached hydrogen (secondary N) is 1. The molecule has 7 heteroatoms. The second-order valence-electron chi connectivity index (χ2n) is 4.90. The van der Waals surface area contributed by atoms with Gasteiger partial charge in [0, 0.05) is 12.2 Å². The van der Waals surface area contributed by atoms with E-state index in [1.54, 1.807) is 0 Å². The van der Waals surface area contributed by atoms with Gasteiger partial charge >= 0.3 is 12.3 Å². The summed E-state index contributed by atoms with van der Waals surface area (Å²) in [5.41, 5.74) is -0.528. The number of carbonyl (C=O) groups excluding carboxylic acids is 1. The van der Waals surface area contributed by atoms with Gasteiger partial charge in [-0.1, -0.05) is 6.07 Å². The molecular formula is C13H13F3N2O2. The van der Waals surface area contributed by atoms with Gasteiger partial charge in [0.25, 0.3) is 0 Å². The Morgan fingerprint density at radius 3 is 2.90 bits per heavy atom. The molecule has 2 heterocycles. The Morgan fingerprint density at radius 2 is 2.15 bits per heavy atom. The fourth-order valence-corrected chi connectivity index (χ4v) is 2.68. The molecule has 0 aliphatic carbocycles. The maximum atomic E-state index is 12.7. The lowest BCUT2D eigenvalue weighted by atomic mass is 10.0. The van der Waals surface area contributed by atoms with Crippen LogP contribution in [0.4, 0.5) is 23.7 Å². The third-order valence-corrected chi connectivity index (χ3v) is 3.62. The van der Waals surface area contributed by atoms with E-state index in [1.807, 2.05) is 0 Å². The van der Waals surface area contributed by atoms with Crippen LogP contribution in [0, 0.1) is 0 Å². The topological polar surface area (TPSA) is 41.6 Å². The molecule has 0 bridgehead atoms. The van der Waals surface area contributed by atoms with Gasteiger partial charge in [0.05, 0.1) is 11.6 Å². The van der Waals surface area contributed by atoms with Crippen LogP contribution in [-0.2, 0) is 10.9 Å². The Kier molecular flexibility index (Phi) is 3.08. The second-order valence-corrected chi connectivity index (χ2v) is 4.90. The highest BCUT2D eigenvalue weighted by Crippen LogP contribution is 2.35. The predicted octanol–water partition coefficient (Wildman–Crippen LogP) is 2.39. The van der Waals surface area contributed by atoms with Gasteiger partial charge in [-0.3, -0.25) is 4.90 Å². The Balaban J connectivity index is 1.94. The lowest BCUT2D eigenvalue weighted by Gasteiger charge is -2.28. The maximum absolute atomic E-state index is 12.7. The zero-order valence-corrected chi connectivity index (χ0v) is 10.5. The summed E-state index contributed by atoms with van der Waals surface area (Å²) < 4.78 is 43.4. The molecule has 20 heavy (non-hydrogen) atoms. The van der Waals surface area contributed by atoms with Crippen molar-refractivity contribution in [1.29, 1.82) is 0 Å². The van der Waals surface area contributed by atoms with Crippen LogP contribution >= 0.6 is 0 Å². The van der Waals surface area contributed by atoms with Crippen LogP contribution in [0.25, 0.3) is 0 Å². The molecule has 1 aromatic carbocycles. The third-order valence-electron chi connectivity index (χ3n) is 3.62. The number of piperidine rings is 1. The first-order chi connectivity index (χ1) is 9.47. The summed E-state index contributed by atoms with van der Waals surface area (Å²) >= 11 is 0. The summed E-state index contributed by atoms with van der Waals surface area (Å²) in [6, 6.07) is 4.59. The zero-order valence-electron chi connectivity index (χ0n) is 10.5. The quantitative estimate of drug-likeness (QED) is 0.862. The molecule has 2 unspecified atom stereocenters. The van der Waals surface area contributed by atoms with Gasteiger partial charge < -0.3 is 10.1 Å². The van der Waals surface area contributed by atoms with Crippen LogP contribution in [0.3, 0.4) is 0 Å². The Bertz CT molecular complexity index is 533. The number of halogens is 3. The average Bonchev–Trinajstić information content (AvgIpc) is 2.73. The van der Waals surface area contributed by atoms with Crippen molar-refractivity contribution in [3.63, 3.8) is 0 Å². The summed E-state index contributed by atoms with van der Waals surface area (Å²) in [5, 5.41) is 3.10. The van der Waals surface area contributed by atoms with Crippen molar-refractivity contribution in [2.24, 2.45) is 0 Å². The van der Waals surface area contributed by atoms with E-state index in [4.69, 9.17) is 4.74 Å². The van der Waals surface area contributed by atoms with E-state index in [0.717, 1.165) is 12.1 Å². The molecule has 108 valence electrons. The van der Waals surface area contributed by atoms with E-state index in [0.29, 0.717) is 19.5 Å². The first kappa shape index (κ1) is 13.2. The molecule has 0 saturated carbocycles. The van der Waals surface area contributed by atoms with Crippen LogP contribution in [0.2, 0.25) is 0 Å². The molecule has 2 atom stereocenters. The number of amides is 1. The molecule has 0 radical (unpaired) electrons. The number of ether oxygens (including phenoxy) is 1. The van der Waals surface area contributed by atoms with Gasteiger partial charge in [-0.15, -0.1) is 0 Å². The lowest BCUT2D eigenvalue weighted by molar-refractivity contribution is -0.137. The predicted molar refractivity (Wildman–Crippen MR) is 65.5 cm³/mol. The number of anilines is 1. The Morgan fingerprint density at radius 1 is 1.35 bits per heavy atom. The average molecular weight is 286 g/mol. The lowest BCUT2D eigenvalue weighted by Crippen LogP contribution is -2.47. The number of nitrogens with zero attached hydrogens (tertiary/aromatic N) is 1. The highest BCUT2D eigenvalue weighted by atomic mass is 19.4. The number of benzene rings is 1. The van der Waals surface area contributed by atoms with Crippen molar-refractivity contribution in [2.45, 2.75) is 24.7 Å². The van der Waals surface area contributed by atoms with Crippen LogP contribution in [0.5, 0.6) is 0 Å². The number of rotatable bonds is 1. The summed E-state index contributed by atoms with van der Waals surface area (Å²) in [7, 11) is 0. The minimum Gasteiger partial charge on any atom is -0.442 e. The summed E-state index contributed by atoms with van der Waals surface area (Å²) in [6.45, 7) is 1.25. The van der Waals surface area contributed by atoms with Crippen molar-refractivity contribution >= 4 is 11.8 Å². The SMILES string of the molecule is O=C1OC2CNCCC2N1c1cccc(C(F)(F)F)c1. The molecule has 0 spiro atoms. The molecule has 2 aliphatic rings. The molecule has 1 N–H and O–H groups in total. The number of hydrogen-bond donors (Lipinski definition) is 1. The number of carbonyl (C=O) groups is 1. The Labute approximate surface area is 113 Å². The summed E-state index contributed by atoms with van der Waals surface area (Å²) in [6.07, 6.45) is -4.64. The van der Waals surface area contributed by atoms with E-state index in [1.165, 1.54) is 17.0 Å². The van der Waals surface area contributed by atoms with Crippen LogP contribution in [0.1, 0.15) is 12.0 Å². The van der Waals surface area contributed by atoms with Gasteiger partial charge in [-0.05, 0) is 31.2 Å². The monoisotopic (exact) mass is 286 g/mol. The fraction of sp³-hybridized carbons (Fsp3) is 0.462. The highest BCUT2D eigenvalue weighted by Gasteiger charge is 2.44. The molecule has 2 saturated heterocycles. The van der Waals surface area contributed by atoms with Gasteiger partial charge in [0.2, 0.25) is 0 Å². The van der Waals surface area contributed by atoms with Crippen molar-refractivity contribution in [2.75, 3.05) is 18.0 Å². The number of alkyl halides is 3. The van der Waals surface area contributed by atoms with E-state index >= 15 is 0 Å². The highest BCUT2D eigenvalue weighted by molar-refractivity contribution is 5.91. The fourth-order valence-electron chi connectivity index (χ4n) is 2.68. The number of hydrogen-bond acceptors (Lipinski definition) is 3. The van der Waals surface area contributed by atoms with Gasteiger partial charge in [0.15, 0.2) is 0 Å².